The van der Waals surface area contributed by atoms with E-state index in [0.717, 1.165) is 24.3 Å². The van der Waals surface area contributed by atoms with Gasteiger partial charge in [-0.15, -0.1) is 0 Å². The van der Waals surface area contributed by atoms with Crippen molar-refractivity contribution in [1.29, 1.82) is 0 Å². The monoisotopic (exact) mass is 354 g/mol. The highest BCUT2D eigenvalue weighted by Gasteiger charge is 2.17. The van der Waals surface area contributed by atoms with Gasteiger partial charge in [0.1, 0.15) is 11.4 Å². The standard InChI is InChI=1S/C20H26N4O2/c1-13(2)26-17-10-8-16(9-11-17)22-19(25)18-12-14(3)21-20(24-18)23-15-6-4-5-7-15/h8-13,15H,4-7H2,1-3H3,(H,22,25)(H,21,23,24). The van der Waals surface area contributed by atoms with Gasteiger partial charge in [-0.1, -0.05) is 12.8 Å². The van der Waals surface area contributed by atoms with E-state index in [2.05, 4.69) is 20.6 Å². The van der Waals surface area contributed by atoms with E-state index >= 15 is 0 Å². The molecule has 0 atom stereocenters. The summed E-state index contributed by atoms with van der Waals surface area (Å²) in [6.45, 7) is 5.82. The van der Waals surface area contributed by atoms with E-state index < -0.39 is 0 Å². The maximum absolute atomic E-state index is 12.6. The van der Waals surface area contributed by atoms with Crippen molar-refractivity contribution < 1.29 is 9.53 Å². The second kappa shape index (κ2) is 8.17. The lowest BCUT2D eigenvalue weighted by Crippen LogP contribution is -2.20. The minimum atomic E-state index is -0.248. The number of benzene rings is 1. The molecule has 1 heterocycles. The van der Waals surface area contributed by atoms with Gasteiger partial charge < -0.3 is 15.4 Å². The highest BCUT2D eigenvalue weighted by Crippen LogP contribution is 2.21. The number of hydrogen-bond acceptors (Lipinski definition) is 5. The Labute approximate surface area is 154 Å². The summed E-state index contributed by atoms with van der Waals surface area (Å²) >= 11 is 0. The van der Waals surface area contributed by atoms with Crippen LogP contribution in [0.2, 0.25) is 0 Å². The summed E-state index contributed by atoms with van der Waals surface area (Å²) in [7, 11) is 0. The van der Waals surface area contributed by atoms with Gasteiger partial charge in [0, 0.05) is 17.4 Å². The van der Waals surface area contributed by atoms with Gasteiger partial charge in [-0.05, 0) is 63.9 Å². The third-order valence-corrected chi connectivity index (χ3v) is 4.26. The average molecular weight is 354 g/mol. The van der Waals surface area contributed by atoms with Gasteiger partial charge in [-0.25, -0.2) is 9.97 Å². The van der Waals surface area contributed by atoms with Gasteiger partial charge in [0.2, 0.25) is 5.95 Å². The summed E-state index contributed by atoms with van der Waals surface area (Å²) in [6.07, 6.45) is 4.83. The molecule has 1 aromatic carbocycles. The maximum atomic E-state index is 12.6. The molecule has 1 saturated carbocycles. The molecule has 1 fully saturated rings. The molecular formula is C20H26N4O2. The second-order valence-electron chi connectivity index (χ2n) is 6.99. The topological polar surface area (TPSA) is 76.1 Å². The fourth-order valence-corrected chi connectivity index (χ4v) is 3.09. The van der Waals surface area contributed by atoms with E-state index in [1.54, 1.807) is 6.07 Å². The SMILES string of the molecule is Cc1cc(C(=O)Nc2ccc(OC(C)C)cc2)nc(NC2CCCC2)n1. The summed E-state index contributed by atoms with van der Waals surface area (Å²) in [4.78, 5) is 21.4. The molecule has 0 bridgehead atoms. The predicted molar refractivity (Wildman–Crippen MR) is 103 cm³/mol. The van der Waals surface area contributed by atoms with Crippen molar-refractivity contribution in [3.8, 4) is 5.75 Å². The third-order valence-electron chi connectivity index (χ3n) is 4.26. The van der Waals surface area contributed by atoms with Crippen LogP contribution in [-0.2, 0) is 0 Å². The van der Waals surface area contributed by atoms with E-state index in [9.17, 15) is 4.79 Å². The highest BCUT2D eigenvalue weighted by molar-refractivity contribution is 6.03. The maximum Gasteiger partial charge on any atom is 0.274 e. The van der Waals surface area contributed by atoms with Crippen LogP contribution in [0, 0.1) is 6.92 Å². The number of hydrogen-bond donors (Lipinski definition) is 2. The van der Waals surface area contributed by atoms with Crippen LogP contribution < -0.4 is 15.4 Å². The van der Waals surface area contributed by atoms with Gasteiger partial charge in [-0.2, -0.15) is 0 Å². The highest BCUT2D eigenvalue weighted by atomic mass is 16.5. The van der Waals surface area contributed by atoms with Crippen molar-refractivity contribution in [2.75, 3.05) is 10.6 Å². The van der Waals surface area contributed by atoms with Crippen LogP contribution >= 0.6 is 0 Å². The van der Waals surface area contributed by atoms with Crippen molar-refractivity contribution in [3.63, 3.8) is 0 Å². The van der Waals surface area contributed by atoms with Crippen molar-refractivity contribution in [2.24, 2.45) is 0 Å². The third kappa shape index (κ3) is 4.94. The van der Waals surface area contributed by atoms with E-state index in [1.165, 1.54) is 12.8 Å². The molecule has 1 aliphatic rings. The number of nitrogens with zero attached hydrogens (tertiary/aromatic N) is 2. The Balaban J connectivity index is 1.67. The first kappa shape index (κ1) is 18.2. The van der Waals surface area contributed by atoms with Gasteiger partial charge in [0.05, 0.1) is 6.10 Å². The number of carbonyl (C=O) groups excluding carboxylic acids is 1. The quantitative estimate of drug-likeness (QED) is 0.814. The molecule has 0 radical (unpaired) electrons. The van der Waals surface area contributed by atoms with Crippen molar-refractivity contribution in [1.82, 2.24) is 9.97 Å². The van der Waals surface area contributed by atoms with Crippen molar-refractivity contribution >= 4 is 17.5 Å². The summed E-state index contributed by atoms with van der Waals surface area (Å²) in [6, 6.07) is 9.43. The molecule has 26 heavy (non-hydrogen) atoms. The van der Waals surface area contributed by atoms with E-state index in [-0.39, 0.29) is 12.0 Å². The van der Waals surface area contributed by atoms with Crippen molar-refractivity contribution in [3.05, 3.63) is 41.7 Å². The number of rotatable bonds is 6. The smallest absolute Gasteiger partial charge is 0.274 e. The molecule has 2 aromatic rings. The van der Waals surface area contributed by atoms with Gasteiger partial charge >= 0.3 is 0 Å². The first-order valence-electron chi connectivity index (χ1n) is 9.20. The molecule has 0 aliphatic heterocycles. The number of carbonyl (C=O) groups is 1. The largest absolute Gasteiger partial charge is 0.491 e. The number of aryl methyl sites for hydroxylation is 1. The Hall–Kier alpha value is -2.63. The zero-order chi connectivity index (χ0) is 18.5. The minimum absolute atomic E-state index is 0.116. The Morgan fingerprint density at radius 1 is 1.15 bits per heavy atom. The molecule has 138 valence electrons. The Morgan fingerprint density at radius 3 is 2.50 bits per heavy atom. The molecule has 1 aliphatic carbocycles. The predicted octanol–water partition coefficient (Wildman–Crippen LogP) is 4.18. The molecule has 3 rings (SSSR count). The van der Waals surface area contributed by atoms with Crippen LogP contribution in [0.3, 0.4) is 0 Å². The van der Waals surface area contributed by atoms with Gasteiger partial charge in [0.15, 0.2) is 0 Å². The van der Waals surface area contributed by atoms with E-state index in [0.29, 0.717) is 23.4 Å². The number of ether oxygens (including phenoxy) is 1. The number of nitrogens with one attached hydrogen (secondary N) is 2. The summed E-state index contributed by atoms with van der Waals surface area (Å²) in [5.74, 6) is 1.06. The molecule has 1 amide bonds. The minimum Gasteiger partial charge on any atom is -0.491 e. The Morgan fingerprint density at radius 2 is 1.85 bits per heavy atom. The normalized spacial score (nSPS) is 14.5. The Bertz CT molecular complexity index is 753. The Kier molecular flexibility index (Phi) is 5.71. The number of aromatic nitrogens is 2. The van der Waals surface area contributed by atoms with Crippen LogP contribution in [0.25, 0.3) is 0 Å². The van der Waals surface area contributed by atoms with E-state index in [1.807, 2.05) is 45.0 Å². The van der Waals surface area contributed by atoms with E-state index in [4.69, 9.17) is 4.74 Å². The summed E-state index contributed by atoms with van der Waals surface area (Å²) in [5.41, 5.74) is 1.83. The average Bonchev–Trinajstić information content (AvgIpc) is 3.08. The lowest BCUT2D eigenvalue weighted by molar-refractivity contribution is 0.102. The van der Waals surface area contributed by atoms with Crippen molar-refractivity contribution in [2.45, 2.75) is 58.6 Å². The van der Waals surface area contributed by atoms with Crippen LogP contribution in [0.5, 0.6) is 5.75 Å². The summed E-state index contributed by atoms with van der Waals surface area (Å²) in [5, 5.41) is 6.22. The zero-order valence-corrected chi connectivity index (χ0v) is 15.6. The lowest BCUT2D eigenvalue weighted by atomic mass is 10.2. The molecule has 0 spiro atoms. The first-order valence-corrected chi connectivity index (χ1v) is 9.20. The fourth-order valence-electron chi connectivity index (χ4n) is 3.09. The van der Waals surface area contributed by atoms with Gasteiger partial charge in [-0.3, -0.25) is 4.79 Å². The van der Waals surface area contributed by atoms with Crippen LogP contribution in [0.15, 0.2) is 30.3 Å². The molecular weight excluding hydrogens is 328 g/mol. The number of amides is 1. The zero-order valence-electron chi connectivity index (χ0n) is 15.6. The summed E-state index contributed by atoms with van der Waals surface area (Å²) < 4.78 is 5.61. The molecule has 0 unspecified atom stereocenters. The molecule has 0 saturated heterocycles. The fraction of sp³-hybridized carbons (Fsp3) is 0.450. The lowest BCUT2D eigenvalue weighted by Gasteiger charge is -2.13. The molecule has 2 N–H and O–H groups in total. The number of anilines is 2. The molecule has 6 heteroatoms. The van der Waals surface area contributed by atoms with Crippen LogP contribution in [-0.4, -0.2) is 28.0 Å². The van der Waals surface area contributed by atoms with Crippen LogP contribution in [0.4, 0.5) is 11.6 Å². The van der Waals surface area contributed by atoms with Crippen LogP contribution in [0.1, 0.15) is 55.7 Å². The molecule has 1 aromatic heterocycles. The second-order valence-corrected chi connectivity index (χ2v) is 6.99. The first-order chi connectivity index (χ1) is 12.5. The molecule has 6 nitrogen and oxygen atoms in total. The van der Waals surface area contributed by atoms with Gasteiger partial charge in [0.25, 0.3) is 5.91 Å².